The number of esters is 1. The molecule has 0 atom stereocenters. The molecular weight excluding hydrogens is 346 g/mol. The molecule has 144 valence electrons. The topological polar surface area (TPSA) is 85.5 Å². The third-order valence-electron chi connectivity index (χ3n) is 4.76. The number of hydrogen-bond donors (Lipinski definition) is 0. The third kappa shape index (κ3) is 4.72. The SMILES string of the molecule is CCCc1noc(CCCC(=O)N2CCc3ccc(C(=O)OC)cc3C2)n1. The molecule has 0 aliphatic carbocycles. The molecule has 3 rings (SSSR count). The number of carbonyl (C=O) groups is 2. The zero-order valence-electron chi connectivity index (χ0n) is 15.9. The molecule has 0 saturated heterocycles. The zero-order valence-corrected chi connectivity index (χ0v) is 15.9. The van der Waals surface area contributed by atoms with Crippen molar-refractivity contribution in [2.75, 3.05) is 13.7 Å². The van der Waals surface area contributed by atoms with Gasteiger partial charge in [0, 0.05) is 32.4 Å². The first-order valence-electron chi connectivity index (χ1n) is 9.40. The van der Waals surface area contributed by atoms with Crippen molar-refractivity contribution >= 4 is 11.9 Å². The Bertz CT molecular complexity index is 815. The predicted octanol–water partition coefficient (Wildman–Crippen LogP) is 2.72. The van der Waals surface area contributed by atoms with Gasteiger partial charge in [0.05, 0.1) is 12.7 Å². The molecule has 1 aromatic carbocycles. The van der Waals surface area contributed by atoms with E-state index in [2.05, 4.69) is 17.1 Å². The number of rotatable bonds is 7. The first-order valence-corrected chi connectivity index (χ1v) is 9.40. The largest absolute Gasteiger partial charge is 0.465 e. The van der Waals surface area contributed by atoms with Crippen LogP contribution in [0.4, 0.5) is 0 Å². The molecule has 27 heavy (non-hydrogen) atoms. The Hall–Kier alpha value is -2.70. The minimum atomic E-state index is -0.358. The molecule has 0 unspecified atom stereocenters. The minimum Gasteiger partial charge on any atom is -0.465 e. The Morgan fingerprint density at radius 3 is 2.89 bits per heavy atom. The van der Waals surface area contributed by atoms with Crippen LogP contribution < -0.4 is 0 Å². The van der Waals surface area contributed by atoms with Crippen LogP contribution in [-0.2, 0) is 35.3 Å². The summed E-state index contributed by atoms with van der Waals surface area (Å²) in [5.74, 6) is 1.08. The number of aromatic nitrogens is 2. The van der Waals surface area contributed by atoms with Crippen LogP contribution in [0.15, 0.2) is 22.7 Å². The quantitative estimate of drug-likeness (QED) is 0.696. The number of nitrogens with zero attached hydrogens (tertiary/aromatic N) is 3. The van der Waals surface area contributed by atoms with Crippen LogP contribution in [0.1, 0.15) is 59.4 Å². The normalized spacial score (nSPS) is 13.3. The van der Waals surface area contributed by atoms with Crippen LogP contribution >= 0.6 is 0 Å². The van der Waals surface area contributed by atoms with Gasteiger partial charge >= 0.3 is 5.97 Å². The van der Waals surface area contributed by atoms with E-state index < -0.39 is 0 Å². The fraction of sp³-hybridized carbons (Fsp3) is 0.500. The Morgan fingerprint density at radius 1 is 1.26 bits per heavy atom. The monoisotopic (exact) mass is 371 g/mol. The van der Waals surface area contributed by atoms with E-state index in [0.29, 0.717) is 43.8 Å². The molecule has 7 nitrogen and oxygen atoms in total. The molecule has 1 aliphatic heterocycles. The highest BCUT2D eigenvalue weighted by molar-refractivity contribution is 5.89. The number of carbonyl (C=O) groups excluding carboxylic acids is 2. The van der Waals surface area contributed by atoms with Gasteiger partial charge in [0.15, 0.2) is 5.82 Å². The maximum atomic E-state index is 12.5. The fourth-order valence-corrected chi connectivity index (χ4v) is 3.28. The minimum absolute atomic E-state index is 0.109. The van der Waals surface area contributed by atoms with Gasteiger partial charge in [-0.3, -0.25) is 4.79 Å². The number of ether oxygens (including phenoxy) is 1. The van der Waals surface area contributed by atoms with E-state index in [1.54, 1.807) is 6.07 Å². The summed E-state index contributed by atoms with van der Waals surface area (Å²) in [5, 5.41) is 3.93. The number of fused-ring (bicyclic) bond motifs is 1. The summed E-state index contributed by atoms with van der Waals surface area (Å²) in [4.78, 5) is 30.4. The number of benzene rings is 1. The van der Waals surface area contributed by atoms with Crippen molar-refractivity contribution in [3.05, 3.63) is 46.6 Å². The van der Waals surface area contributed by atoms with Gasteiger partial charge in [0.2, 0.25) is 11.8 Å². The summed E-state index contributed by atoms with van der Waals surface area (Å²) >= 11 is 0. The summed E-state index contributed by atoms with van der Waals surface area (Å²) in [5.41, 5.74) is 2.71. The Kier molecular flexibility index (Phi) is 6.21. The molecule has 0 bridgehead atoms. The van der Waals surface area contributed by atoms with Gasteiger partial charge in [-0.25, -0.2) is 4.79 Å². The van der Waals surface area contributed by atoms with Crippen LogP contribution in [0.25, 0.3) is 0 Å². The lowest BCUT2D eigenvalue weighted by Gasteiger charge is -2.29. The van der Waals surface area contributed by atoms with Gasteiger partial charge < -0.3 is 14.2 Å². The molecule has 0 fully saturated rings. The number of amides is 1. The Balaban J connectivity index is 1.53. The van der Waals surface area contributed by atoms with Crippen molar-refractivity contribution < 1.29 is 18.8 Å². The fourth-order valence-electron chi connectivity index (χ4n) is 3.28. The highest BCUT2D eigenvalue weighted by Crippen LogP contribution is 2.22. The summed E-state index contributed by atoms with van der Waals surface area (Å²) < 4.78 is 9.98. The van der Waals surface area contributed by atoms with E-state index in [0.717, 1.165) is 30.7 Å². The number of aryl methyl sites for hydroxylation is 2. The van der Waals surface area contributed by atoms with E-state index in [1.165, 1.54) is 12.7 Å². The smallest absolute Gasteiger partial charge is 0.337 e. The van der Waals surface area contributed by atoms with Crippen molar-refractivity contribution in [2.24, 2.45) is 0 Å². The molecule has 2 heterocycles. The lowest BCUT2D eigenvalue weighted by molar-refractivity contribution is -0.132. The molecule has 0 radical (unpaired) electrons. The van der Waals surface area contributed by atoms with Crippen LogP contribution in [0.3, 0.4) is 0 Å². The van der Waals surface area contributed by atoms with Gasteiger partial charge in [-0.1, -0.05) is 18.1 Å². The third-order valence-corrected chi connectivity index (χ3v) is 4.76. The molecule has 7 heteroatoms. The van der Waals surface area contributed by atoms with E-state index >= 15 is 0 Å². The summed E-state index contributed by atoms with van der Waals surface area (Å²) in [6.45, 7) is 3.30. The molecule has 1 aromatic heterocycles. The standard InChI is InChI=1S/C20H25N3O4/c1-3-5-17-21-18(27-22-17)6-4-7-19(24)23-11-10-14-8-9-15(20(25)26-2)12-16(14)13-23/h8-9,12H,3-7,10-11,13H2,1-2H3. The first kappa shape index (κ1) is 19.1. The Labute approximate surface area is 158 Å². The van der Waals surface area contributed by atoms with Crippen LogP contribution in [-0.4, -0.2) is 40.6 Å². The van der Waals surface area contributed by atoms with Gasteiger partial charge in [-0.15, -0.1) is 0 Å². The van der Waals surface area contributed by atoms with Crippen molar-refractivity contribution in [1.82, 2.24) is 15.0 Å². The van der Waals surface area contributed by atoms with Gasteiger partial charge in [-0.05, 0) is 42.5 Å². The maximum absolute atomic E-state index is 12.5. The van der Waals surface area contributed by atoms with Crippen molar-refractivity contribution in [3.63, 3.8) is 0 Å². The van der Waals surface area contributed by atoms with Crippen LogP contribution in [0.2, 0.25) is 0 Å². The second kappa shape index (κ2) is 8.79. The summed E-state index contributed by atoms with van der Waals surface area (Å²) in [6, 6.07) is 5.56. The van der Waals surface area contributed by atoms with E-state index in [-0.39, 0.29) is 11.9 Å². The lowest BCUT2D eigenvalue weighted by Crippen LogP contribution is -2.36. The zero-order chi connectivity index (χ0) is 19.2. The maximum Gasteiger partial charge on any atom is 0.337 e. The molecule has 0 spiro atoms. The number of methoxy groups -OCH3 is 1. The molecule has 2 aromatic rings. The summed E-state index contributed by atoms with van der Waals surface area (Å²) in [7, 11) is 1.37. The first-order chi connectivity index (χ1) is 13.1. The van der Waals surface area contributed by atoms with Crippen molar-refractivity contribution in [3.8, 4) is 0 Å². The molecule has 1 aliphatic rings. The summed E-state index contributed by atoms with van der Waals surface area (Å²) in [6.07, 6.45) is 4.32. The van der Waals surface area contributed by atoms with Crippen molar-refractivity contribution in [1.29, 1.82) is 0 Å². The molecule has 1 amide bonds. The molecular formula is C20H25N3O4. The average molecular weight is 371 g/mol. The molecule has 0 saturated carbocycles. The van der Waals surface area contributed by atoms with E-state index in [4.69, 9.17) is 9.26 Å². The van der Waals surface area contributed by atoms with E-state index in [1.807, 2.05) is 17.0 Å². The second-order valence-corrected chi connectivity index (χ2v) is 6.75. The van der Waals surface area contributed by atoms with Crippen LogP contribution in [0.5, 0.6) is 0 Å². The van der Waals surface area contributed by atoms with Crippen molar-refractivity contribution in [2.45, 2.75) is 52.0 Å². The van der Waals surface area contributed by atoms with Crippen LogP contribution in [0, 0.1) is 0 Å². The highest BCUT2D eigenvalue weighted by Gasteiger charge is 2.22. The molecule has 0 N–H and O–H groups in total. The lowest BCUT2D eigenvalue weighted by atomic mass is 9.97. The highest BCUT2D eigenvalue weighted by atomic mass is 16.5. The number of hydrogen-bond acceptors (Lipinski definition) is 6. The van der Waals surface area contributed by atoms with Gasteiger partial charge in [0.25, 0.3) is 0 Å². The van der Waals surface area contributed by atoms with E-state index in [9.17, 15) is 9.59 Å². The van der Waals surface area contributed by atoms with Gasteiger partial charge in [-0.2, -0.15) is 4.98 Å². The van der Waals surface area contributed by atoms with Gasteiger partial charge in [0.1, 0.15) is 0 Å². The predicted molar refractivity (Wildman–Crippen MR) is 98.1 cm³/mol. The Morgan fingerprint density at radius 2 is 2.11 bits per heavy atom. The second-order valence-electron chi connectivity index (χ2n) is 6.75. The average Bonchev–Trinajstić information content (AvgIpc) is 3.14.